The second-order valence-corrected chi connectivity index (χ2v) is 5.02. The molecule has 0 fully saturated rings. The monoisotopic (exact) mass is 307 g/mol. The van der Waals surface area contributed by atoms with Gasteiger partial charge in [-0.3, -0.25) is 0 Å². The topological polar surface area (TPSA) is 42.2 Å². The molecule has 0 unspecified atom stereocenters. The number of benzene rings is 2. The molecule has 3 aromatic rings. The maximum atomic E-state index is 12.9. The van der Waals surface area contributed by atoms with Crippen molar-refractivity contribution in [2.45, 2.75) is 0 Å². The summed E-state index contributed by atoms with van der Waals surface area (Å²) in [6.07, 6.45) is 7.26. The van der Waals surface area contributed by atoms with Gasteiger partial charge in [0.15, 0.2) is 0 Å². The molecule has 1 heterocycles. The highest BCUT2D eigenvalue weighted by Gasteiger charge is 2.13. The Morgan fingerprint density at radius 3 is 2.30 bits per heavy atom. The molecule has 1 N–H and O–H groups in total. The Bertz CT molecular complexity index is 850. The molecular formula is C19H14FNO2. The summed E-state index contributed by atoms with van der Waals surface area (Å²) in [6, 6.07) is 14.9. The fourth-order valence-corrected chi connectivity index (χ4v) is 2.40. The first-order chi connectivity index (χ1) is 11.1. The lowest BCUT2D eigenvalue weighted by Gasteiger charge is -2.11. The first-order valence-corrected chi connectivity index (χ1v) is 7.08. The van der Waals surface area contributed by atoms with E-state index in [1.165, 1.54) is 12.1 Å². The van der Waals surface area contributed by atoms with Crippen molar-refractivity contribution in [3.8, 4) is 5.69 Å². The van der Waals surface area contributed by atoms with Crippen LogP contribution < -0.4 is 0 Å². The molecule has 23 heavy (non-hydrogen) atoms. The van der Waals surface area contributed by atoms with Crippen LogP contribution in [0, 0.1) is 5.82 Å². The highest BCUT2D eigenvalue weighted by Crippen LogP contribution is 2.23. The smallest absolute Gasteiger partial charge is 0.337 e. The van der Waals surface area contributed by atoms with Gasteiger partial charge in [0.25, 0.3) is 0 Å². The van der Waals surface area contributed by atoms with Gasteiger partial charge in [-0.05, 0) is 41.5 Å². The number of rotatable bonds is 4. The van der Waals surface area contributed by atoms with Crippen LogP contribution in [-0.2, 0) is 0 Å². The molecule has 3 nitrogen and oxygen atoms in total. The van der Waals surface area contributed by atoms with Gasteiger partial charge in [0.1, 0.15) is 5.82 Å². The second-order valence-electron chi connectivity index (χ2n) is 5.02. The van der Waals surface area contributed by atoms with Crippen LogP contribution in [0.5, 0.6) is 0 Å². The summed E-state index contributed by atoms with van der Waals surface area (Å²) in [5.74, 6) is -1.27. The number of carbonyl (C=O) groups is 1. The zero-order chi connectivity index (χ0) is 16.2. The molecule has 3 rings (SSSR count). The van der Waals surface area contributed by atoms with Crippen molar-refractivity contribution < 1.29 is 14.3 Å². The third-order valence-electron chi connectivity index (χ3n) is 3.49. The minimum atomic E-state index is -0.981. The van der Waals surface area contributed by atoms with Gasteiger partial charge in [0.05, 0.1) is 11.3 Å². The summed E-state index contributed by atoms with van der Waals surface area (Å²) in [6.45, 7) is 0. The number of para-hydroxylation sites is 1. The number of halogens is 1. The van der Waals surface area contributed by atoms with E-state index < -0.39 is 5.97 Å². The summed E-state index contributed by atoms with van der Waals surface area (Å²) in [5.41, 5.74) is 2.43. The van der Waals surface area contributed by atoms with Crippen LogP contribution in [0.4, 0.5) is 4.39 Å². The first kappa shape index (κ1) is 14.8. The average Bonchev–Trinajstić information content (AvgIpc) is 3.08. The summed E-state index contributed by atoms with van der Waals surface area (Å²) in [7, 11) is 0. The van der Waals surface area contributed by atoms with E-state index in [1.54, 1.807) is 41.2 Å². The van der Waals surface area contributed by atoms with Crippen molar-refractivity contribution in [3.63, 3.8) is 0 Å². The molecule has 0 radical (unpaired) electrons. The van der Waals surface area contributed by atoms with E-state index >= 15 is 0 Å². The fourth-order valence-electron chi connectivity index (χ4n) is 2.40. The van der Waals surface area contributed by atoms with Gasteiger partial charge in [-0.15, -0.1) is 0 Å². The Morgan fingerprint density at radius 2 is 1.65 bits per heavy atom. The van der Waals surface area contributed by atoms with Crippen molar-refractivity contribution >= 4 is 18.1 Å². The predicted molar refractivity (Wildman–Crippen MR) is 88.1 cm³/mol. The molecule has 1 aromatic heterocycles. The standard InChI is InChI=1S/C19H14FNO2/c20-16-10-7-14(8-11-16)6-9-15-4-3-5-17(19(22)23)18(15)21-12-1-2-13-21/h1-13H,(H,22,23)/b9-6+. The zero-order valence-corrected chi connectivity index (χ0v) is 12.2. The zero-order valence-electron chi connectivity index (χ0n) is 12.2. The lowest BCUT2D eigenvalue weighted by atomic mass is 10.0. The molecule has 0 bridgehead atoms. The molecule has 0 aliphatic rings. The van der Waals surface area contributed by atoms with E-state index in [2.05, 4.69) is 0 Å². The molecule has 4 heteroatoms. The third kappa shape index (κ3) is 3.21. The van der Waals surface area contributed by atoms with Crippen molar-refractivity contribution in [1.82, 2.24) is 4.57 Å². The minimum absolute atomic E-state index is 0.224. The number of hydrogen-bond acceptors (Lipinski definition) is 1. The number of nitrogens with zero attached hydrogens (tertiary/aromatic N) is 1. The minimum Gasteiger partial charge on any atom is -0.478 e. The summed E-state index contributed by atoms with van der Waals surface area (Å²) in [4.78, 5) is 11.5. The molecule has 0 atom stereocenters. The fraction of sp³-hybridized carbons (Fsp3) is 0. The summed E-state index contributed by atoms with van der Waals surface area (Å²) >= 11 is 0. The van der Waals surface area contributed by atoms with Crippen LogP contribution in [0.3, 0.4) is 0 Å². The molecule has 0 aliphatic heterocycles. The largest absolute Gasteiger partial charge is 0.478 e. The quantitative estimate of drug-likeness (QED) is 0.722. The Balaban J connectivity index is 2.07. The van der Waals surface area contributed by atoms with E-state index in [1.807, 2.05) is 30.4 Å². The maximum absolute atomic E-state index is 12.9. The van der Waals surface area contributed by atoms with Gasteiger partial charge in [-0.1, -0.05) is 36.4 Å². The van der Waals surface area contributed by atoms with Gasteiger partial charge in [0.2, 0.25) is 0 Å². The van der Waals surface area contributed by atoms with Crippen LogP contribution in [0.2, 0.25) is 0 Å². The predicted octanol–water partition coefficient (Wildman–Crippen LogP) is 4.49. The van der Waals surface area contributed by atoms with E-state index in [9.17, 15) is 14.3 Å². The summed E-state index contributed by atoms with van der Waals surface area (Å²) in [5, 5.41) is 9.43. The van der Waals surface area contributed by atoms with Crippen LogP contribution in [0.25, 0.3) is 17.8 Å². The highest BCUT2D eigenvalue weighted by atomic mass is 19.1. The Hall–Kier alpha value is -3.14. The number of aromatic nitrogens is 1. The van der Waals surface area contributed by atoms with Crippen molar-refractivity contribution in [1.29, 1.82) is 0 Å². The molecule has 114 valence electrons. The summed E-state index contributed by atoms with van der Waals surface area (Å²) < 4.78 is 14.7. The van der Waals surface area contributed by atoms with Crippen molar-refractivity contribution in [2.24, 2.45) is 0 Å². The lowest BCUT2D eigenvalue weighted by Crippen LogP contribution is -2.05. The Morgan fingerprint density at radius 1 is 0.957 bits per heavy atom. The normalized spacial score (nSPS) is 11.0. The molecule has 2 aromatic carbocycles. The van der Waals surface area contributed by atoms with E-state index in [0.29, 0.717) is 5.69 Å². The van der Waals surface area contributed by atoms with E-state index in [0.717, 1.165) is 11.1 Å². The number of aromatic carboxylic acids is 1. The first-order valence-electron chi connectivity index (χ1n) is 7.08. The SMILES string of the molecule is O=C(O)c1cccc(/C=C/c2ccc(F)cc2)c1-n1cccc1. The molecule has 0 saturated carbocycles. The number of carboxylic acids is 1. The number of hydrogen-bond donors (Lipinski definition) is 1. The van der Waals surface area contributed by atoms with Gasteiger partial charge < -0.3 is 9.67 Å². The van der Waals surface area contributed by atoms with Gasteiger partial charge in [-0.25, -0.2) is 9.18 Å². The van der Waals surface area contributed by atoms with Crippen LogP contribution >= 0.6 is 0 Å². The Labute approximate surface area is 132 Å². The van der Waals surface area contributed by atoms with Gasteiger partial charge in [-0.2, -0.15) is 0 Å². The van der Waals surface area contributed by atoms with E-state index in [4.69, 9.17) is 0 Å². The Kier molecular flexibility index (Phi) is 4.06. The highest BCUT2D eigenvalue weighted by molar-refractivity contribution is 5.94. The van der Waals surface area contributed by atoms with Crippen LogP contribution in [0.15, 0.2) is 67.0 Å². The number of carboxylic acid groups (broad SMARTS) is 1. The van der Waals surface area contributed by atoms with Gasteiger partial charge >= 0.3 is 5.97 Å². The lowest BCUT2D eigenvalue weighted by molar-refractivity contribution is 0.0697. The van der Waals surface area contributed by atoms with Gasteiger partial charge in [0, 0.05) is 12.4 Å². The maximum Gasteiger partial charge on any atom is 0.337 e. The second kappa shape index (κ2) is 6.32. The molecule has 0 saturated heterocycles. The molecule has 0 amide bonds. The van der Waals surface area contributed by atoms with Crippen LogP contribution in [-0.4, -0.2) is 15.6 Å². The molecular weight excluding hydrogens is 293 g/mol. The molecule has 0 spiro atoms. The average molecular weight is 307 g/mol. The van der Waals surface area contributed by atoms with Crippen LogP contribution in [0.1, 0.15) is 21.5 Å². The third-order valence-corrected chi connectivity index (χ3v) is 3.49. The van der Waals surface area contributed by atoms with Crippen molar-refractivity contribution in [2.75, 3.05) is 0 Å². The molecule has 0 aliphatic carbocycles. The van der Waals surface area contributed by atoms with Crippen molar-refractivity contribution in [3.05, 3.63) is 89.5 Å². The van der Waals surface area contributed by atoms with E-state index in [-0.39, 0.29) is 11.4 Å².